The lowest BCUT2D eigenvalue weighted by Crippen LogP contribution is -1.59. The Morgan fingerprint density at radius 2 is 1.25 bits per heavy atom. The maximum atomic E-state index is 8.05. The van der Waals surface area contributed by atoms with E-state index in [4.69, 9.17) is 5.11 Å². The maximum Gasteiger partial charge on any atom is 0.107 e. The first-order chi connectivity index (χ1) is 5.54. The van der Waals surface area contributed by atoms with E-state index in [-0.39, 0.29) is 5.76 Å². The van der Waals surface area contributed by atoms with Crippen molar-refractivity contribution in [3.63, 3.8) is 0 Å². The first-order valence-corrected chi connectivity index (χ1v) is 3.82. The van der Waals surface area contributed by atoms with Crippen LogP contribution in [0.4, 0.5) is 0 Å². The highest BCUT2D eigenvalue weighted by Gasteiger charge is 1.62. The van der Waals surface area contributed by atoms with Gasteiger partial charge in [-0.3, -0.25) is 0 Å². The molecule has 0 saturated heterocycles. The van der Waals surface area contributed by atoms with Gasteiger partial charge in [-0.05, 0) is 13.0 Å². The van der Waals surface area contributed by atoms with Gasteiger partial charge in [-0.25, -0.2) is 0 Å². The Balaban J connectivity index is -0.000000112. The van der Waals surface area contributed by atoms with Crippen molar-refractivity contribution in [2.45, 2.75) is 20.8 Å². The molecule has 0 aliphatic rings. The number of hydrogen-bond acceptors (Lipinski definition) is 1. The van der Waals surface area contributed by atoms with Gasteiger partial charge in [0.05, 0.1) is 0 Å². The Morgan fingerprint density at radius 3 is 1.25 bits per heavy atom. The second-order valence-electron chi connectivity index (χ2n) is 1.75. The molecule has 0 aromatic rings. The molecule has 0 fully saturated rings. The third kappa shape index (κ3) is 69.2. The van der Waals surface area contributed by atoms with Crippen LogP contribution in [-0.2, 0) is 0 Å². The van der Waals surface area contributed by atoms with Gasteiger partial charge in [0.2, 0.25) is 0 Å². The van der Waals surface area contributed by atoms with Crippen molar-refractivity contribution in [3.8, 4) is 0 Å². The van der Waals surface area contributed by atoms with Crippen molar-refractivity contribution >= 4 is 0 Å². The van der Waals surface area contributed by atoms with Gasteiger partial charge >= 0.3 is 0 Å². The Hall–Kier alpha value is -1.24. The highest BCUT2D eigenvalue weighted by atomic mass is 16.3. The van der Waals surface area contributed by atoms with Gasteiger partial charge < -0.3 is 5.11 Å². The molecule has 12 heavy (non-hydrogen) atoms. The van der Waals surface area contributed by atoms with Gasteiger partial charge in [-0.2, -0.15) is 0 Å². The second-order valence-corrected chi connectivity index (χ2v) is 1.75. The van der Waals surface area contributed by atoms with Crippen LogP contribution in [0.1, 0.15) is 20.8 Å². The quantitative estimate of drug-likeness (QED) is 0.487. The standard InChI is InChI=1S/C5H8.C4H6O.C2H6/c1-4-5(2)3;1-3-4(2)5;1-2/h4H,1-2H2,3H3;3,5H,1-2H2;1-2H3. The Bertz CT molecular complexity index is 125. The monoisotopic (exact) mass is 168 g/mol. The molecule has 0 aromatic heterocycles. The smallest absolute Gasteiger partial charge is 0.107 e. The molecule has 0 radical (unpaired) electrons. The molecule has 1 N–H and O–H groups in total. The number of aliphatic hydroxyl groups excluding tert-OH is 1. The van der Waals surface area contributed by atoms with Crippen LogP contribution in [0.2, 0.25) is 0 Å². The van der Waals surface area contributed by atoms with Gasteiger partial charge in [0.25, 0.3) is 0 Å². The maximum absolute atomic E-state index is 8.05. The van der Waals surface area contributed by atoms with E-state index < -0.39 is 0 Å². The van der Waals surface area contributed by atoms with Crippen LogP contribution in [0.5, 0.6) is 0 Å². The Labute approximate surface area is 76.4 Å². The summed E-state index contributed by atoms with van der Waals surface area (Å²) in [6.07, 6.45) is 3.00. The van der Waals surface area contributed by atoms with Crippen molar-refractivity contribution in [2.24, 2.45) is 0 Å². The van der Waals surface area contributed by atoms with E-state index in [1.54, 1.807) is 6.08 Å². The first-order valence-electron chi connectivity index (χ1n) is 3.82. The molecule has 0 amide bonds. The van der Waals surface area contributed by atoms with Crippen molar-refractivity contribution in [1.29, 1.82) is 0 Å². The molecule has 0 aromatic carbocycles. The average molecular weight is 168 g/mol. The van der Waals surface area contributed by atoms with Crippen LogP contribution >= 0.6 is 0 Å². The second kappa shape index (κ2) is 16.4. The molecule has 0 heterocycles. The Kier molecular flexibility index (Phi) is 23.2. The summed E-state index contributed by atoms with van der Waals surface area (Å²) in [5.41, 5.74) is 1.02. The van der Waals surface area contributed by atoms with Gasteiger partial charge in [-0.15, -0.1) is 0 Å². The fourth-order valence-electron chi connectivity index (χ4n) is 0. The van der Waals surface area contributed by atoms with E-state index in [0.717, 1.165) is 5.57 Å². The molecule has 0 atom stereocenters. The molecular weight excluding hydrogens is 148 g/mol. The van der Waals surface area contributed by atoms with Crippen molar-refractivity contribution in [3.05, 3.63) is 49.8 Å². The van der Waals surface area contributed by atoms with Crippen molar-refractivity contribution < 1.29 is 5.11 Å². The van der Waals surface area contributed by atoms with E-state index in [0.29, 0.717) is 0 Å². The number of aliphatic hydroxyl groups is 1. The summed E-state index contributed by atoms with van der Waals surface area (Å²) in [6.45, 7) is 19.2. The van der Waals surface area contributed by atoms with Gasteiger partial charge in [0.1, 0.15) is 5.76 Å². The van der Waals surface area contributed by atoms with E-state index in [2.05, 4.69) is 26.3 Å². The molecule has 0 aliphatic carbocycles. The summed E-state index contributed by atoms with van der Waals surface area (Å²) in [7, 11) is 0. The van der Waals surface area contributed by atoms with Crippen LogP contribution in [0, 0.1) is 0 Å². The summed E-state index contributed by atoms with van der Waals surface area (Å²) < 4.78 is 0. The van der Waals surface area contributed by atoms with Crippen LogP contribution in [-0.4, -0.2) is 5.11 Å². The molecule has 0 saturated carbocycles. The normalized spacial score (nSPS) is 5.92. The minimum absolute atomic E-state index is 0.0185. The van der Waals surface area contributed by atoms with E-state index in [1.165, 1.54) is 6.08 Å². The van der Waals surface area contributed by atoms with Crippen LogP contribution in [0.15, 0.2) is 49.8 Å². The molecule has 0 aliphatic heterocycles. The summed E-state index contributed by atoms with van der Waals surface area (Å²) >= 11 is 0. The van der Waals surface area contributed by atoms with Crippen LogP contribution < -0.4 is 0 Å². The highest BCUT2D eigenvalue weighted by Crippen LogP contribution is 1.81. The predicted octanol–water partition coefficient (Wildman–Crippen LogP) is 4.02. The first kappa shape index (κ1) is 17.0. The summed E-state index contributed by atoms with van der Waals surface area (Å²) in [5, 5.41) is 8.05. The lowest BCUT2D eigenvalue weighted by Gasteiger charge is -1.73. The number of allylic oxidation sites excluding steroid dienone is 3. The third-order valence-electron chi connectivity index (χ3n) is 0.584. The molecule has 70 valence electrons. The molecule has 1 nitrogen and oxygen atoms in total. The molecule has 0 bridgehead atoms. The van der Waals surface area contributed by atoms with E-state index >= 15 is 0 Å². The third-order valence-corrected chi connectivity index (χ3v) is 0.584. The fourth-order valence-corrected chi connectivity index (χ4v) is 0. The molecular formula is C11H20O. The van der Waals surface area contributed by atoms with E-state index in [9.17, 15) is 0 Å². The summed E-state index contributed by atoms with van der Waals surface area (Å²) in [5.74, 6) is 0.0185. The lowest BCUT2D eigenvalue weighted by atomic mass is 10.4. The molecule has 0 rings (SSSR count). The van der Waals surface area contributed by atoms with Gasteiger partial charge in [0, 0.05) is 0 Å². The minimum atomic E-state index is 0.0185. The zero-order valence-corrected chi connectivity index (χ0v) is 8.43. The van der Waals surface area contributed by atoms with E-state index in [1.807, 2.05) is 20.8 Å². The minimum Gasteiger partial charge on any atom is -0.509 e. The summed E-state index contributed by atoms with van der Waals surface area (Å²) in [4.78, 5) is 0. The molecule has 1 heteroatoms. The zero-order chi connectivity index (χ0) is 10.6. The zero-order valence-electron chi connectivity index (χ0n) is 8.43. The lowest BCUT2D eigenvalue weighted by molar-refractivity contribution is 0.435. The largest absolute Gasteiger partial charge is 0.509 e. The van der Waals surface area contributed by atoms with Gasteiger partial charge in [-0.1, -0.05) is 51.8 Å². The van der Waals surface area contributed by atoms with Crippen molar-refractivity contribution in [1.82, 2.24) is 0 Å². The molecule has 0 unspecified atom stereocenters. The number of rotatable bonds is 2. The average Bonchev–Trinajstić information content (AvgIpc) is 2.09. The van der Waals surface area contributed by atoms with Crippen LogP contribution in [0.3, 0.4) is 0 Å². The molecule has 0 spiro atoms. The fraction of sp³-hybridized carbons (Fsp3) is 0.273. The highest BCUT2D eigenvalue weighted by molar-refractivity contribution is 5.05. The Morgan fingerprint density at radius 1 is 1.08 bits per heavy atom. The topological polar surface area (TPSA) is 20.2 Å². The summed E-state index contributed by atoms with van der Waals surface area (Å²) in [6, 6.07) is 0. The SMILES string of the molecule is C=CC(=C)C.C=CC(=C)O.CC. The van der Waals surface area contributed by atoms with Crippen LogP contribution in [0.25, 0.3) is 0 Å². The predicted molar refractivity (Wildman–Crippen MR) is 58.3 cm³/mol. The van der Waals surface area contributed by atoms with Crippen molar-refractivity contribution in [2.75, 3.05) is 0 Å². The number of hydrogen-bond donors (Lipinski definition) is 1. The van der Waals surface area contributed by atoms with Gasteiger partial charge in [0.15, 0.2) is 0 Å².